The molecule has 0 aliphatic heterocycles. The second-order valence-corrected chi connectivity index (χ2v) is 7.36. The Morgan fingerprint density at radius 3 is 2.15 bits per heavy atom. The summed E-state index contributed by atoms with van der Waals surface area (Å²) in [6.07, 6.45) is 2.26. The van der Waals surface area contributed by atoms with Crippen LogP contribution in [0.1, 0.15) is 40.5 Å². The van der Waals surface area contributed by atoms with Crippen LogP contribution in [0.25, 0.3) is 0 Å². The molecule has 0 radical (unpaired) electrons. The van der Waals surface area contributed by atoms with E-state index in [4.69, 9.17) is 16.3 Å². The minimum absolute atomic E-state index is 0.425. The van der Waals surface area contributed by atoms with Crippen molar-refractivity contribution >= 4 is 33.2 Å². The number of hydrogen-bond donors (Lipinski definition) is 1. The van der Waals surface area contributed by atoms with Crippen molar-refractivity contribution in [2.45, 2.75) is 46.6 Å². The van der Waals surface area contributed by atoms with Crippen LogP contribution in [0.3, 0.4) is 0 Å². The van der Waals surface area contributed by atoms with Gasteiger partial charge < -0.3 is 10.1 Å². The molecule has 1 aromatic carbocycles. The third-order valence-corrected chi connectivity index (χ3v) is 3.89. The largest absolute Gasteiger partial charge is 0.493 e. The molecule has 0 saturated carbocycles. The summed E-state index contributed by atoms with van der Waals surface area (Å²) in [5, 5.41) is 4.31. The van der Waals surface area contributed by atoms with Crippen LogP contribution >= 0.6 is 27.5 Å². The summed E-state index contributed by atoms with van der Waals surface area (Å²) in [7, 11) is 1.68. The Morgan fingerprint density at radius 2 is 1.70 bits per heavy atom. The Balaban J connectivity index is 2.97. The van der Waals surface area contributed by atoms with E-state index in [1.165, 1.54) is 0 Å². The van der Waals surface area contributed by atoms with Crippen molar-refractivity contribution in [1.82, 2.24) is 0 Å². The van der Waals surface area contributed by atoms with Gasteiger partial charge in [-0.1, -0.05) is 39.3 Å². The number of rotatable bonds is 7. The topological polar surface area (TPSA) is 21.3 Å². The van der Waals surface area contributed by atoms with Gasteiger partial charge in [0.15, 0.2) is 5.75 Å². The first-order chi connectivity index (χ1) is 9.33. The molecule has 0 amide bonds. The molecule has 0 heterocycles. The highest BCUT2D eigenvalue weighted by atomic mass is 79.9. The molecule has 114 valence electrons. The van der Waals surface area contributed by atoms with Gasteiger partial charge >= 0.3 is 0 Å². The fourth-order valence-electron chi connectivity index (χ4n) is 2.45. The number of ether oxygens (including phenoxy) is 1. The standard InChI is InChI=1S/C16H25BrClNO/c1-10(2)6-13(7-11(3)4)19-15-9-12(18)8-14(17)16(15)20-5/h8-11,13,19H,6-7H2,1-5H3. The summed E-state index contributed by atoms with van der Waals surface area (Å²) in [6, 6.07) is 4.21. The zero-order chi connectivity index (χ0) is 15.3. The fourth-order valence-corrected chi connectivity index (χ4v) is 3.42. The molecule has 0 aliphatic carbocycles. The number of methoxy groups -OCH3 is 1. The zero-order valence-corrected chi connectivity index (χ0v) is 15.3. The lowest BCUT2D eigenvalue weighted by Gasteiger charge is -2.25. The highest BCUT2D eigenvalue weighted by Crippen LogP contribution is 2.37. The van der Waals surface area contributed by atoms with E-state index in [1.54, 1.807) is 7.11 Å². The van der Waals surface area contributed by atoms with E-state index in [9.17, 15) is 0 Å². The van der Waals surface area contributed by atoms with E-state index in [0.717, 1.165) is 28.8 Å². The lowest BCUT2D eigenvalue weighted by atomic mass is 9.95. The van der Waals surface area contributed by atoms with Crippen molar-refractivity contribution in [3.8, 4) is 5.75 Å². The number of anilines is 1. The van der Waals surface area contributed by atoms with Gasteiger partial charge in [-0.2, -0.15) is 0 Å². The summed E-state index contributed by atoms with van der Waals surface area (Å²) < 4.78 is 6.35. The van der Waals surface area contributed by atoms with E-state index < -0.39 is 0 Å². The van der Waals surface area contributed by atoms with Gasteiger partial charge in [0.2, 0.25) is 0 Å². The molecule has 1 aromatic rings. The first kappa shape index (κ1) is 17.6. The third-order valence-electron chi connectivity index (χ3n) is 3.08. The first-order valence-electron chi connectivity index (χ1n) is 7.13. The Bertz CT molecular complexity index is 425. The summed E-state index contributed by atoms with van der Waals surface area (Å²) in [5.41, 5.74) is 0.957. The van der Waals surface area contributed by atoms with Crippen molar-refractivity contribution in [3.63, 3.8) is 0 Å². The molecule has 20 heavy (non-hydrogen) atoms. The smallest absolute Gasteiger partial charge is 0.156 e. The van der Waals surface area contributed by atoms with Gasteiger partial charge in [-0.05, 0) is 52.7 Å². The summed E-state index contributed by atoms with van der Waals surface area (Å²) >= 11 is 9.65. The Morgan fingerprint density at radius 1 is 1.15 bits per heavy atom. The minimum Gasteiger partial charge on any atom is -0.493 e. The molecule has 0 aliphatic rings. The first-order valence-corrected chi connectivity index (χ1v) is 8.30. The maximum Gasteiger partial charge on any atom is 0.156 e. The number of nitrogens with one attached hydrogen (secondary N) is 1. The van der Waals surface area contributed by atoms with Crippen molar-refractivity contribution in [2.75, 3.05) is 12.4 Å². The van der Waals surface area contributed by atoms with Crippen LogP contribution < -0.4 is 10.1 Å². The van der Waals surface area contributed by atoms with Crippen LogP contribution in [0.2, 0.25) is 5.02 Å². The van der Waals surface area contributed by atoms with Gasteiger partial charge in [-0.25, -0.2) is 0 Å². The lowest BCUT2D eigenvalue weighted by molar-refractivity contribution is 0.408. The van der Waals surface area contributed by atoms with Gasteiger partial charge in [0.05, 0.1) is 17.3 Å². The fraction of sp³-hybridized carbons (Fsp3) is 0.625. The normalized spacial score (nSPS) is 11.5. The molecule has 0 saturated heterocycles. The van der Waals surface area contributed by atoms with Gasteiger partial charge in [0, 0.05) is 11.1 Å². The van der Waals surface area contributed by atoms with Crippen molar-refractivity contribution < 1.29 is 4.74 Å². The lowest BCUT2D eigenvalue weighted by Crippen LogP contribution is -2.24. The van der Waals surface area contributed by atoms with Crippen LogP contribution in [0.4, 0.5) is 5.69 Å². The second-order valence-electron chi connectivity index (χ2n) is 6.07. The SMILES string of the molecule is COc1c(Br)cc(Cl)cc1NC(CC(C)C)CC(C)C. The van der Waals surface area contributed by atoms with Gasteiger partial charge in [0.1, 0.15) is 0 Å². The number of halogens is 2. The maximum absolute atomic E-state index is 6.15. The Kier molecular flexibility index (Phi) is 7.18. The van der Waals surface area contributed by atoms with E-state index >= 15 is 0 Å². The minimum atomic E-state index is 0.425. The second kappa shape index (κ2) is 8.14. The van der Waals surface area contributed by atoms with Crippen molar-refractivity contribution in [2.24, 2.45) is 11.8 Å². The predicted molar refractivity (Wildman–Crippen MR) is 92.0 cm³/mol. The average Bonchev–Trinajstić information content (AvgIpc) is 2.26. The molecular weight excluding hydrogens is 338 g/mol. The average molecular weight is 363 g/mol. The molecule has 0 bridgehead atoms. The van der Waals surface area contributed by atoms with Gasteiger partial charge in [-0.15, -0.1) is 0 Å². The molecule has 0 unspecified atom stereocenters. The molecule has 4 heteroatoms. The van der Waals surface area contributed by atoms with Crippen molar-refractivity contribution in [3.05, 3.63) is 21.6 Å². The molecule has 0 atom stereocenters. The van der Waals surface area contributed by atoms with E-state index in [-0.39, 0.29) is 0 Å². The molecule has 2 nitrogen and oxygen atoms in total. The van der Waals surface area contributed by atoms with E-state index in [0.29, 0.717) is 22.9 Å². The number of benzene rings is 1. The molecule has 0 aromatic heterocycles. The summed E-state index contributed by atoms with van der Waals surface area (Å²) in [5.74, 6) is 2.12. The maximum atomic E-state index is 6.15. The van der Waals surface area contributed by atoms with Crippen molar-refractivity contribution in [1.29, 1.82) is 0 Å². The monoisotopic (exact) mass is 361 g/mol. The van der Waals surface area contributed by atoms with E-state index in [2.05, 4.69) is 48.9 Å². The highest BCUT2D eigenvalue weighted by Gasteiger charge is 2.16. The molecule has 1 rings (SSSR count). The zero-order valence-electron chi connectivity index (χ0n) is 13.0. The van der Waals surface area contributed by atoms with Crippen LogP contribution in [0, 0.1) is 11.8 Å². The number of hydrogen-bond acceptors (Lipinski definition) is 2. The summed E-state index contributed by atoms with van der Waals surface area (Å²) in [6.45, 7) is 9.00. The van der Waals surface area contributed by atoms with Crippen LogP contribution in [-0.2, 0) is 0 Å². The molecule has 0 fully saturated rings. The predicted octanol–water partition coefficient (Wildman–Crippen LogP) is 5.98. The molecular formula is C16H25BrClNO. The van der Waals surface area contributed by atoms with Gasteiger partial charge in [-0.3, -0.25) is 0 Å². The quantitative estimate of drug-likeness (QED) is 0.644. The molecule has 1 N–H and O–H groups in total. The molecule has 0 spiro atoms. The highest BCUT2D eigenvalue weighted by molar-refractivity contribution is 9.10. The Hall–Kier alpha value is -0.410. The van der Waals surface area contributed by atoms with Crippen LogP contribution in [0.15, 0.2) is 16.6 Å². The van der Waals surface area contributed by atoms with Crippen LogP contribution in [0.5, 0.6) is 5.75 Å². The Labute approximate surface area is 136 Å². The van der Waals surface area contributed by atoms with Crippen LogP contribution in [-0.4, -0.2) is 13.2 Å². The van der Waals surface area contributed by atoms with Gasteiger partial charge in [0.25, 0.3) is 0 Å². The van der Waals surface area contributed by atoms with E-state index in [1.807, 2.05) is 12.1 Å². The summed E-state index contributed by atoms with van der Waals surface area (Å²) in [4.78, 5) is 0. The third kappa shape index (κ3) is 5.53.